The third-order valence-electron chi connectivity index (χ3n) is 5.09. The first kappa shape index (κ1) is 20.0. The zero-order valence-corrected chi connectivity index (χ0v) is 17.2. The number of benzene rings is 3. The highest BCUT2D eigenvalue weighted by molar-refractivity contribution is 6.30. The molecule has 0 aromatic heterocycles. The molecular weight excluding hydrogens is 398 g/mol. The number of carbonyl (C=O) groups excluding carboxylic acids is 2. The Balaban J connectivity index is 1.46. The van der Waals surface area contributed by atoms with Gasteiger partial charge in [0.25, 0.3) is 5.91 Å². The van der Waals surface area contributed by atoms with Gasteiger partial charge in [-0.05, 0) is 60.4 Å². The van der Waals surface area contributed by atoms with Crippen LogP contribution >= 0.6 is 11.6 Å². The highest BCUT2D eigenvalue weighted by atomic mass is 35.5. The molecule has 3 aromatic carbocycles. The van der Waals surface area contributed by atoms with Crippen molar-refractivity contribution in [2.24, 2.45) is 0 Å². The third kappa shape index (κ3) is 4.63. The molecule has 5 nitrogen and oxygen atoms in total. The average molecular weight is 420 g/mol. The van der Waals surface area contributed by atoms with Gasteiger partial charge < -0.3 is 15.5 Å². The van der Waals surface area contributed by atoms with E-state index in [1.165, 1.54) is 0 Å². The minimum atomic E-state index is -0.304. The molecule has 0 aliphatic carbocycles. The van der Waals surface area contributed by atoms with E-state index in [-0.39, 0.29) is 11.9 Å². The van der Waals surface area contributed by atoms with Gasteiger partial charge in [-0.1, -0.05) is 48.0 Å². The van der Waals surface area contributed by atoms with Crippen molar-refractivity contribution in [2.75, 3.05) is 16.8 Å². The van der Waals surface area contributed by atoms with E-state index in [9.17, 15) is 9.59 Å². The summed E-state index contributed by atoms with van der Waals surface area (Å²) in [5.74, 6) is -0.0270. The highest BCUT2D eigenvalue weighted by Gasteiger charge is 2.24. The maximum Gasteiger partial charge on any atom is 0.319 e. The molecule has 0 radical (unpaired) electrons. The molecule has 1 aliphatic rings. The molecule has 0 saturated heterocycles. The maximum atomic E-state index is 13.0. The summed E-state index contributed by atoms with van der Waals surface area (Å²) in [5.41, 5.74) is 4.22. The lowest BCUT2D eigenvalue weighted by Gasteiger charge is -2.30. The van der Waals surface area contributed by atoms with E-state index < -0.39 is 0 Å². The zero-order chi connectivity index (χ0) is 20.9. The van der Waals surface area contributed by atoms with Crippen molar-refractivity contribution in [1.29, 1.82) is 0 Å². The Morgan fingerprint density at radius 2 is 1.73 bits per heavy atom. The molecule has 0 atom stereocenters. The number of hydrogen-bond donors (Lipinski definition) is 2. The predicted molar refractivity (Wildman–Crippen MR) is 120 cm³/mol. The molecule has 0 spiro atoms. The van der Waals surface area contributed by atoms with Crippen molar-refractivity contribution in [3.8, 4) is 0 Å². The summed E-state index contributed by atoms with van der Waals surface area (Å²) in [6, 6.07) is 22.0. The first-order valence-corrected chi connectivity index (χ1v) is 10.3. The minimum Gasteiger partial charge on any atom is -0.334 e. The van der Waals surface area contributed by atoms with Crippen molar-refractivity contribution in [2.45, 2.75) is 19.4 Å². The van der Waals surface area contributed by atoms with Crippen molar-refractivity contribution >= 4 is 34.9 Å². The summed E-state index contributed by atoms with van der Waals surface area (Å²) < 4.78 is 0. The van der Waals surface area contributed by atoms with Crippen molar-refractivity contribution < 1.29 is 9.59 Å². The molecule has 152 valence electrons. The van der Waals surface area contributed by atoms with Crippen LogP contribution in [-0.4, -0.2) is 18.5 Å². The second-order valence-corrected chi connectivity index (χ2v) is 7.64. The fourth-order valence-corrected chi connectivity index (χ4v) is 3.69. The Kier molecular flexibility index (Phi) is 6.00. The molecule has 0 unspecified atom stereocenters. The van der Waals surface area contributed by atoms with Gasteiger partial charge in [-0.2, -0.15) is 0 Å². The molecule has 0 bridgehead atoms. The summed E-state index contributed by atoms with van der Waals surface area (Å²) in [4.78, 5) is 27.1. The van der Waals surface area contributed by atoms with E-state index in [2.05, 4.69) is 10.6 Å². The molecule has 4 rings (SSSR count). The Hall–Kier alpha value is -3.31. The Bertz CT molecular complexity index is 1050. The van der Waals surface area contributed by atoms with E-state index in [0.29, 0.717) is 29.4 Å². The lowest BCUT2D eigenvalue weighted by molar-refractivity contribution is 0.0985. The summed E-state index contributed by atoms with van der Waals surface area (Å²) >= 11 is 5.89. The number of aryl methyl sites for hydroxylation is 1. The van der Waals surface area contributed by atoms with Crippen molar-refractivity contribution in [3.63, 3.8) is 0 Å². The van der Waals surface area contributed by atoms with Gasteiger partial charge in [-0.3, -0.25) is 4.79 Å². The van der Waals surface area contributed by atoms with Crippen molar-refractivity contribution in [1.82, 2.24) is 5.32 Å². The van der Waals surface area contributed by atoms with E-state index in [1.807, 2.05) is 60.7 Å². The van der Waals surface area contributed by atoms with Gasteiger partial charge in [0.05, 0.1) is 0 Å². The molecule has 6 heteroatoms. The number of carbonyl (C=O) groups is 2. The van der Waals surface area contributed by atoms with Crippen LogP contribution in [0.2, 0.25) is 5.02 Å². The minimum absolute atomic E-state index is 0.0270. The quantitative estimate of drug-likeness (QED) is 0.606. The Morgan fingerprint density at radius 1 is 0.967 bits per heavy atom. The second kappa shape index (κ2) is 9.01. The third-order valence-corrected chi connectivity index (χ3v) is 5.35. The normalized spacial score (nSPS) is 12.8. The van der Waals surface area contributed by atoms with Gasteiger partial charge in [0.15, 0.2) is 0 Å². The largest absolute Gasteiger partial charge is 0.334 e. The van der Waals surface area contributed by atoms with Gasteiger partial charge in [0.1, 0.15) is 0 Å². The monoisotopic (exact) mass is 419 g/mol. The van der Waals surface area contributed by atoms with E-state index in [1.54, 1.807) is 17.0 Å². The number of urea groups is 1. The Labute approximate surface area is 180 Å². The van der Waals surface area contributed by atoms with Gasteiger partial charge >= 0.3 is 6.03 Å². The van der Waals surface area contributed by atoms with Crippen LogP contribution in [0.25, 0.3) is 0 Å². The number of nitrogens with one attached hydrogen (secondary N) is 2. The molecule has 3 amide bonds. The number of nitrogens with zero attached hydrogens (tertiary/aromatic N) is 1. The van der Waals surface area contributed by atoms with Crippen LogP contribution < -0.4 is 15.5 Å². The van der Waals surface area contributed by atoms with Crippen LogP contribution in [0.15, 0.2) is 72.8 Å². The topological polar surface area (TPSA) is 61.4 Å². The second-order valence-electron chi connectivity index (χ2n) is 7.20. The SMILES string of the molecule is O=C(NCc1ccc(Cl)cc1)Nc1ccc2c(c1)N(C(=O)c1ccccc1)CCC2. The van der Waals surface area contributed by atoms with Crippen molar-refractivity contribution in [3.05, 3.63) is 94.5 Å². The van der Waals surface area contributed by atoms with E-state index in [0.717, 1.165) is 29.7 Å². The average Bonchev–Trinajstić information content (AvgIpc) is 2.78. The number of amides is 3. The fraction of sp³-hybridized carbons (Fsp3) is 0.167. The number of fused-ring (bicyclic) bond motifs is 1. The summed E-state index contributed by atoms with van der Waals surface area (Å²) in [6.45, 7) is 1.06. The number of halogens is 1. The maximum absolute atomic E-state index is 13.0. The molecule has 1 heterocycles. The molecule has 0 fully saturated rings. The van der Waals surface area contributed by atoms with Gasteiger partial charge in [-0.15, -0.1) is 0 Å². The van der Waals surface area contributed by atoms with Gasteiger partial charge in [-0.25, -0.2) is 4.79 Å². The Morgan fingerprint density at radius 3 is 2.50 bits per heavy atom. The molecule has 30 heavy (non-hydrogen) atoms. The van der Waals surface area contributed by atoms with Crippen LogP contribution in [0.1, 0.15) is 27.9 Å². The van der Waals surface area contributed by atoms with Crippen LogP contribution in [0.3, 0.4) is 0 Å². The summed E-state index contributed by atoms with van der Waals surface area (Å²) in [6.07, 6.45) is 1.83. The van der Waals surface area contributed by atoms with Crippen LogP contribution in [0, 0.1) is 0 Å². The van der Waals surface area contributed by atoms with Crippen LogP contribution in [-0.2, 0) is 13.0 Å². The molecule has 0 saturated carbocycles. The van der Waals surface area contributed by atoms with Gasteiger partial charge in [0.2, 0.25) is 0 Å². The standard InChI is InChI=1S/C24H22ClN3O2/c25-20-11-8-17(9-12-20)16-26-24(30)27-21-13-10-18-7-4-14-28(22(18)15-21)23(29)19-5-2-1-3-6-19/h1-3,5-6,8-13,15H,4,7,14,16H2,(H2,26,27,30). The first-order chi connectivity index (χ1) is 14.6. The molecule has 2 N–H and O–H groups in total. The lowest BCUT2D eigenvalue weighted by atomic mass is 10.00. The molecular formula is C24H22ClN3O2. The molecule has 1 aliphatic heterocycles. The number of rotatable bonds is 4. The first-order valence-electron chi connectivity index (χ1n) is 9.89. The van der Waals surface area contributed by atoms with Crippen LogP contribution in [0.4, 0.5) is 16.2 Å². The molecule has 3 aromatic rings. The zero-order valence-electron chi connectivity index (χ0n) is 16.4. The fourth-order valence-electron chi connectivity index (χ4n) is 3.56. The number of anilines is 2. The summed E-state index contributed by atoms with van der Waals surface area (Å²) in [7, 11) is 0. The van der Waals surface area contributed by atoms with Gasteiger partial charge in [0, 0.05) is 35.1 Å². The summed E-state index contributed by atoms with van der Waals surface area (Å²) in [5, 5.41) is 6.35. The smallest absolute Gasteiger partial charge is 0.319 e. The van der Waals surface area contributed by atoms with Crippen LogP contribution in [0.5, 0.6) is 0 Å². The lowest BCUT2D eigenvalue weighted by Crippen LogP contribution is -2.35. The predicted octanol–water partition coefficient (Wildman–Crippen LogP) is 5.25. The highest BCUT2D eigenvalue weighted by Crippen LogP contribution is 2.31. The van der Waals surface area contributed by atoms with E-state index >= 15 is 0 Å². The number of hydrogen-bond acceptors (Lipinski definition) is 2. The van der Waals surface area contributed by atoms with E-state index in [4.69, 9.17) is 11.6 Å².